The van der Waals surface area contributed by atoms with E-state index in [0.717, 1.165) is 61.6 Å². The number of aryl methyl sites for hydroxylation is 1. The molecule has 0 aromatic heterocycles. The number of aliphatic hydroxyl groups excluding tert-OH is 1. The number of carbonyl (C=O) groups excluding carboxylic acids is 3. The molecule has 0 bridgehead atoms. The number of imide groups is 1. The minimum absolute atomic E-state index is 0.186. The number of hydrogen-bond acceptors (Lipinski definition) is 9. The molecule has 2 unspecified atom stereocenters. The van der Waals surface area contributed by atoms with Crippen LogP contribution in [-0.4, -0.2) is 83.0 Å². The molecule has 10 nitrogen and oxygen atoms in total. The van der Waals surface area contributed by atoms with Gasteiger partial charge in [0, 0.05) is 62.7 Å². The van der Waals surface area contributed by atoms with E-state index in [1.54, 1.807) is 11.0 Å². The van der Waals surface area contributed by atoms with Crippen LogP contribution in [0.5, 0.6) is 11.5 Å². The van der Waals surface area contributed by atoms with Crippen LogP contribution >= 0.6 is 0 Å². The summed E-state index contributed by atoms with van der Waals surface area (Å²) in [5, 5.41) is 23.5. The molecule has 280 valence electrons. The van der Waals surface area contributed by atoms with Gasteiger partial charge in [0.05, 0.1) is 19.2 Å². The number of ketones is 1. The fraction of sp³-hybridized carbons (Fsp3) is 0.386. The third-order valence-corrected chi connectivity index (χ3v) is 11.7. The van der Waals surface area contributed by atoms with Crippen molar-refractivity contribution in [1.29, 1.82) is 0 Å². The average Bonchev–Trinajstić information content (AvgIpc) is 3.51. The molecule has 10 heteroatoms. The molecule has 2 fully saturated rings. The zero-order valence-corrected chi connectivity index (χ0v) is 30.5. The van der Waals surface area contributed by atoms with Gasteiger partial charge in [-0.25, -0.2) is 0 Å². The average molecular weight is 729 g/mol. The number of aromatic hydroxyl groups is 1. The summed E-state index contributed by atoms with van der Waals surface area (Å²) in [5.41, 5.74) is 7.90. The molecule has 0 spiro atoms. The minimum atomic E-state index is -0.873. The highest BCUT2D eigenvalue weighted by molar-refractivity contribution is 6.00. The van der Waals surface area contributed by atoms with E-state index in [9.17, 15) is 24.6 Å². The summed E-state index contributed by atoms with van der Waals surface area (Å²) < 4.78 is 6.08. The highest BCUT2D eigenvalue weighted by Gasteiger charge is 2.40. The second-order valence-corrected chi connectivity index (χ2v) is 15.1. The highest BCUT2D eigenvalue weighted by atomic mass is 16.5. The molecule has 0 radical (unpaired) electrons. The van der Waals surface area contributed by atoms with Gasteiger partial charge in [-0.05, 0) is 95.8 Å². The smallest absolute Gasteiger partial charge is 0.244 e. The Kier molecular flexibility index (Phi) is 10.5. The van der Waals surface area contributed by atoms with Crippen molar-refractivity contribution in [2.24, 2.45) is 0 Å². The lowest BCUT2D eigenvalue weighted by atomic mass is 9.69. The first-order valence-electron chi connectivity index (χ1n) is 19.3. The zero-order chi connectivity index (χ0) is 37.2. The van der Waals surface area contributed by atoms with Gasteiger partial charge in [-0.2, -0.15) is 0 Å². The lowest BCUT2D eigenvalue weighted by Gasteiger charge is -2.36. The first kappa shape index (κ1) is 36.0. The second kappa shape index (κ2) is 15.8. The number of fused-ring (bicyclic) bond motifs is 2. The fourth-order valence-electron chi connectivity index (χ4n) is 8.92. The number of anilines is 1. The Morgan fingerprint density at radius 1 is 0.815 bits per heavy atom. The summed E-state index contributed by atoms with van der Waals surface area (Å²) in [7, 11) is 0. The van der Waals surface area contributed by atoms with Gasteiger partial charge in [-0.3, -0.25) is 29.5 Å². The molecular formula is C44H48N4O6. The Bertz CT molecular complexity index is 1990. The molecule has 2 amide bonds. The highest BCUT2D eigenvalue weighted by Crippen LogP contribution is 2.47. The van der Waals surface area contributed by atoms with E-state index in [-0.39, 0.29) is 29.9 Å². The molecule has 4 aromatic rings. The molecule has 3 aliphatic heterocycles. The van der Waals surface area contributed by atoms with E-state index in [1.807, 2.05) is 30.3 Å². The lowest BCUT2D eigenvalue weighted by molar-refractivity contribution is -0.141. The number of carbonyl (C=O) groups is 3. The topological polar surface area (TPSA) is 123 Å². The third kappa shape index (κ3) is 7.64. The van der Waals surface area contributed by atoms with Crippen molar-refractivity contribution in [1.82, 2.24) is 15.1 Å². The first-order valence-corrected chi connectivity index (χ1v) is 19.3. The second-order valence-electron chi connectivity index (χ2n) is 15.1. The van der Waals surface area contributed by atoms with Crippen molar-refractivity contribution >= 4 is 23.3 Å². The van der Waals surface area contributed by atoms with E-state index in [0.29, 0.717) is 50.6 Å². The van der Waals surface area contributed by atoms with Gasteiger partial charge >= 0.3 is 0 Å². The summed E-state index contributed by atoms with van der Waals surface area (Å²) in [6.07, 6.45) is 2.90. The predicted molar refractivity (Wildman–Crippen MR) is 205 cm³/mol. The van der Waals surface area contributed by atoms with Crippen molar-refractivity contribution in [2.75, 3.05) is 44.2 Å². The number of nitrogens with one attached hydrogen (secondary N) is 1. The number of amides is 2. The molecule has 4 aromatic carbocycles. The van der Waals surface area contributed by atoms with Crippen molar-refractivity contribution in [2.45, 2.75) is 69.2 Å². The van der Waals surface area contributed by atoms with Crippen LogP contribution in [0.1, 0.15) is 83.5 Å². The number of rotatable bonds is 11. The largest absolute Gasteiger partial charge is 0.508 e. The van der Waals surface area contributed by atoms with Crippen molar-refractivity contribution < 1.29 is 29.3 Å². The molecule has 54 heavy (non-hydrogen) atoms. The number of aliphatic hydroxyl groups is 1. The number of benzene rings is 4. The number of Topliss-reactive ketones (excluding diaryl/α,β-unsaturated/α-hetero) is 1. The quantitative estimate of drug-likeness (QED) is 0.137. The van der Waals surface area contributed by atoms with Crippen LogP contribution in [0, 0.1) is 0 Å². The number of piperidine rings is 1. The predicted octanol–water partition coefficient (Wildman–Crippen LogP) is 5.42. The van der Waals surface area contributed by atoms with Gasteiger partial charge in [0.25, 0.3) is 0 Å². The Morgan fingerprint density at radius 2 is 1.59 bits per heavy atom. The number of piperazine rings is 1. The maximum absolute atomic E-state index is 12.9. The molecule has 0 saturated carbocycles. The number of ether oxygens (including phenoxy) is 1. The van der Waals surface area contributed by atoms with E-state index in [2.05, 4.69) is 69.7 Å². The van der Waals surface area contributed by atoms with Crippen LogP contribution in [0.2, 0.25) is 0 Å². The number of phenolic OH excluding ortho intramolecular Hbond substituents is 1. The molecule has 3 N–H and O–H groups in total. The van der Waals surface area contributed by atoms with Gasteiger partial charge < -0.3 is 19.8 Å². The lowest BCUT2D eigenvalue weighted by Crippen LogP contribution is -2.51. The Morgan fingerprint density at radius 3 is 2.37 bits per heavy atom. The molecule has 3 heterocycles. The molecule has 1 aliphatic carbocycles. The molecule has 2 saturated heterocycles. The molecular weight excluding hydrogens is 681 g/mol. The maximum atomic E-state index is 12.9. The maximum Gasteiger partial charge on any atom is 0.244 e. The van der Waals surface area contributed by atoms with Crippen LogP contribution in [-0.2, 0) is 27.3 Å². The van der Waals surface area contributed by atoms with E-state index in [1.165, 1.54) is 22.3 Å². The molecule has 4 aliphatic rings. The van der Waals surface area contributed by atoms with Crippen molar-refractivity contribution in [3.63, 3.8) is 0 Å². The fourth-order valence-corrected chi connectivity index (χ4v) is 8.92. The summed E-state index contributed by atoms with van der Waals surface area (Å²) in [5.74, 6) is 1.25. The first-order chi connectivity index (χ1) is 26.3. The number of phenols is 1. The van der Waals surface area contributed by atoms with Gasteiger partial charge in [0.2, 0.25) is 11.8 Å². The standard InChI is InChI=1S/C44H48N4O6/c49-34-12-17-38-31(26-34)10-15-37(29-5-2-1-3-6-29)42(38)30-8-13-36(14-9-30)54-24-4-7-35(50)28-46-20-22-47(23-21-46)33-11-16-39-32(25-33)27-48(44(39)53)40-18-19-41(51)45-43(40)52/h1-3,5-6,8-9,11-14,16-17,25-26,37,40,42,44,49,53H,4,7,10,15,18-24,27-28H2,(H,45,51,52)/t37-,40?,42+,44?/m1/s1. The van der Waals surface area contributed by atoms with E-state index < -0.39 is 12.3 Å². The van der Waals surface area contributed by atoms with E-state index >= 15 is 0 Å². The van der Waals surface area contributed by atoms with Crippen LogP contribution < -0.4 is 15.0 Å². The van der Waals surface area contributed by atoms with Crippen molar-refractivity contribution in [3.05, 3.63) is 124 Å². The van der Waals surface area contributed by atoms with Gasteiger partial charge in [-0.15, -0.1) is 0 Å². The normalized spacial score (nSPS) is 23.1. The number of hydrogen-bond donors (Lipinski definition) is 3. The van der Waals surface area contributed by atoms with Gasteiger partial charge in [0.1, 0.15) is 23.5 Å². The summed E-state index contributed by atoms with van der Waals surface area (Å²) in [4.78, 5) is 43.3. The van der Waals surface area contributed by atoms with Gasteiger partial charge in [-0.1, -0.05) is 54.6 Å². The van der Waals surface area contributed by atoms with Crippen LogP contribution in [0.25, 0.3) is 0 Å². The Hall–Kier alpha value is -5.03. The monoisotopic (exact) mass is 728 g/mol. The Balaban J connectivity index is 0.790. The zero-order valence-electron chi connectivity index (χ0n) is 30.5. The van der Waals surface area contributed by atoms with Crippen LogP contribution in [0.3, 0.4) is 0 Å². The van der Waals surface area contributed by atoms with Crippen molar-refractivity contribution in [3.8, 4) is 11.5 Å². The summed E-state index contributed by atoms with van der Waals surface area (Å²) >= 11 is 0. The molecule has 8 rings (SSSR count). The van der Waals surface area contributed by atoms with Crippen LogP contribution in [0.4, 0.5) is 5.69 Å². The van der Waals surface area contributed by atoms with E-state index in [4.69, 9.17) is 4.74 Å². The van der Waals surface area contributed by atoms with Gasteiger partial charge in [0.15, 0.2) is 0 Å². The van der Waals surface area contributed by atoms with Crippen LogP contribution in [0.15, 0.2) is 91.0 Å². The molecule has 4 atom stereocenters. The summed E-state index contributed by atoms with van der Waals surface area (Å²) in [6.45, 7) is 4.53. The minimum Gasteiger partial charge on any atom is -0.508 e. The SMILES string of the molecule is O=C(CCCOc1ccc([C@@H]2c3ccc(O)cc3CC[C@@H]2c2ccccc2)cc1)CN1CCN(c2ccc3c(c2)CN(C2CCC(=O)NC2=O)C3O)CC1. The Labute approximate surface area is 316 Å². The summed E-state index contributed by atoms with van der Waals surface area (Å²) in [6, 6.07) is 30.4. The third-order valence-electron chi connectivity index (χ3n) is 11.7. The number of nitrogens with zero attached hydrogens (tertiary/aromatic N) is 3.